The van der Waals surface area contributed by atoms with Crippen LogP contribution in [0.25, 0.3) is 0 Å². The van der Waals surface area contributed by atoms with E-state index in [9.17, 15) is 10.1 Å². The van der Waals surface area contributed by atoms with Crippen molar-refractivity contribution in [1.29, 1.82) is 0 Å². The van der Waals surface area contributed by atoms with Crippen molar-refractivity contribution >= 4 is 11.4 Å². The van der Waals surface area contributed by atoms with Crippen molar-refractivity contribution in [3.63, 3.8) is 0 Å². The van der Waals surface area contributed by atoms with E-state index >= 15 is 0 Å². The second-order valence-electron chi connectivity index (χ2n) is 8.59. The van der Waals surface area contributed by atoms with Gasteiger partial charge in [0.15, 0.2) is 0 Å². The summed E-state index contributed by atoms with van der Waals surface area (Å²) < 4.78 is 21.8. The number of benzene rings is 2. The fraction of sp³-hybridized carbons (Fsp3) is 0.500. The van der Waals surface area contributed by atoms with Gasteiger partial charge in [0.2, 0.25) is 0 Å². The first-order valence-electron chi connectivity index (χ1n) is 10.9. The Hall–Kier alpha value is -2.84. The number of hydrogen-bond donors (Lipinski definition) is 1. The zero-order chi connectivity index (χ0) is 23.0. The summed E-state index contributed by atoms with van der Waals surface area (Å²) in [7, 11) is 0. The summed E-state index contributed by atoms with van der Waals surface area (Å²) in [6.45, 7) is 8.72. The molecule has 0 aromatic heterocycles. The Balaban J connectivity index is 0.000000182. The van der Waals surface area contributed by atoms with Gasteiger partial charge < -0.3 is 24.7 Å². The predicted molar refractivity (Wildman–Crippen MR) is 122 cm³/mol. The van der Waals surface area contributed by atoms with Crippen LogP contribution in [0.5, 0.6) is 11.5 Å². The molecule has 0 bridgehead atoms. The van der Waals surface area contributed by atoms with Gasteiger partial charge in [0.1, 0.15) is 11.5 Å². The van der Waals surface area contributed by atoms with Crippen LogP contribution in [0.2, 0.25) is 0 Å². The van der Waals surface area contributed by atoms with Crippen molar-refractivity contribution in [2.45, 2.75) is 26.7 Å². The number of ether oxygens (including phenoxy) is 4. The molecule has 0 saturated carbocycles. The SMILES string of the molecule is CCC1(COc2ccc(N)cc2)COC1.CCC1(COc2ccc([N+](=O)[O-])cc2)COC1. The highest BCUT2D eigenvalue weighted by Crippen LogP contribution is 2.33. The smallest absolute Gasteiger partial charge is 0.269 e. The lowest BCUT2D eigenvalue weighted by Crippen LogP contribution is -2.46. The topological polar surface area (TPSA) is 106 Å². The Kier molecular flexibility index (Phi) is 7.93. The first-order valence-corrected chi connectivity index (χ1v) is 10.9. The Morgan fingerprint density at radius 3 is 1.56 bits per heavy atom. The summed E-state index contributed by atoms with van der Waals surface area (Å²) in [6.07, 6.45) is 2.11. The predicted octanol–water partition coefficient (Wildman–Crippen LogP) is 4.47. The molecule has 2 N–H and O–H groups in total. The molecule has 2 aliphatic heterocycles. The Labute approximate surface area is 188 Å². The van der Waals surface area contributed by atoms with Gasteiger partial charge in [-0.1, -0.05) is 13.8 Å². The number of rotatable bonds is 9. The molecule has 174 valence electrons. The number of nitro groups is 1. The summed E-state index contributed by atoms with van der Waals surface area (Å²) in [5, 5.41) is 10.5. The third kappa shape index (κ3) is 6.11. The summed E-state index contributed by atoms with van der Waals surface area (Å²) in [5.41, 5.74) is 6.80. The average Bonchev–Trinajstić information content (AvgIpc) is 2.75. The Morgan fingerprint density at radius 2 is 1.25 bits per heavy atom. The molecular weight excluding hydrogens is 412 g/mol. The molecular formula is C24H32N2O6. The molecule has 2 saturated heterocycles. The molecule has 2 fully saturated rings. The molecule has 2 aromatic carbocycles. The minimum absolute atomic E-state index is 0.0783. The van der Waals surface area contributed by atoms with Crippen molar-refractivity contribution in [3.05, 3.63) is 58.6 Å². The van der Waals surface area contributed by atoms with Gasteiger partial charge in [-0.25, -0.2) is 0 Å². The van der Waals surface area contributed by atoms with Crippen molar-refractivity contribution in [2.75, 3.05) is 45.4 Å². The third-order valence-corrected chi connectivity index (χ3v) is 6.15. The van der Waals surface area contributed by atoms with Gasteiger partial charge >= 0.3 is 0 Å². The lowest BCUT2D eigenvalue weighted by atomic mass is 9.84. The molecule has 0 amide bonds. The van der Waals surface area contributed by atoms with E-state index in [1.54, 1.807) is 12.1 Å². The van der Waals surface area contributed by atoms with E-state index in [0.717, 1.165) is 57.3 Å². The fourth-order valence-corrected chi connectivity index (χ4v) is 3.26. The fourth-order valence-electron chi connectivity index (χ4n) is 3.26. The van der Waals surface area contributed by atoms with E-state index in [4.69, 9.17) is 24.7 Å². The third-order valence-electron chi connectivity index (χ3n) is 6.15. The number of nitrogen functional groups attached to an aromatic ring is 1. The van der Waals surface area contributed by atoms with Gasteiger partial charge in [0.25, 0.3) is 5.69 Å². The highest BCUT2D eigenvalue weighted by atomic mass is 16.6. The number of nitrogens with zero attached hydrogens (tertiary/aromatic N) is 1. The molecule has 0 radical (unpaired) electrons. The van der Waals surface area contributed by atoms with Crippen LogP contribution in [0.1, 0.15) is 26.7 Å². The number of nitrogens with two attached hydrogens (primary N) is 1. The minimum Gasteiger partial charge on any atom is -0.493 e. The molecule has 0 atom stereocenters. The van der Waals surface area contributed by atoms with Crippen molar-refractivity contribution in [1.82, 2.24) is 0 Å². The highest BCUT2D eigenvalue weighted by Gasteiger charge is 2.38. The summed E-state index contributed by atoms with van der Waals surface area (Å²) >= 11 is 0. The molecule has 0 aliphatic carbocycles. The first-order chi connectivity index (χ1) is 15.4. The van der Waals surface area contributed by atoms with Gasteiger partial charge in [-0.15, -0.1) is 0 Å². The van der Waals surface area contributed by atoms with E-state index in [1.165, 1.54) is 12.1 Å². The second kappa shape index (κ2) is 10.7. The summed E-state index contributed by atoms with van der Waals surface area (Å²) in [6, 6.07) is 13.7. The van der Waals surface area contributed by atoms with Crippen molar-refractivity contribution < 1.29 is 23.9 Å². The van der Waals surface area contributed by atoms with Crippen LogP contribution in [0.4, 0.5) is 11.4 Å². The van der Waals surface area contributed by atoms with E-state index < -0.39 is 4.92 Å². The van der Waals surface area contributed by atoms with Gasteiger partial charge in [0, 0.05) is 17.8 Å². The minimum atomic E-state index is -0.420. The molecule has 2 heterocycles. The molecule has 4 rings (SSSR count). The van der Waals surface area contributed by atoms with Crippen LogP contribution in [0.15, 0.2) is 48.5 Å². The number of hydrogen-bond acceptors (Lipinski definition) is 7. The van der Waals surface area contributed by atoms with Crippen LogP contribution >= 0.6 is 0 Å². The number of non-ortho nitro benzene ring substituents is 1. The van der Waals surface area contributed by atoms with Crippen molar-refractivity contribution in [2.24, 2.45) is 10.8 Å². The van der Waals surface area contributed by atoms with E-state index in [-0.39, 0.29) is 16.5 Å². The van der Waals surface area contributed by atoms with E-state index in [0.29, 0.717) is 12.4 Å². The van der Waals surface area contributed by atoms with E-state index in [1.807, 2.05) is 24.3 Å². The molecule has 0 unspecified atom stereocenters. The Bertz CT molecular complexity index is 850. The standard InChI is InChI=1S/C12H15NO4.C12H17NO2/c1-2-12(7-16-8-12)9-17-11-5-3-10(4-6-11)13(14)15;1-2-12(7-14-8-12)9-15-11-5-3-10(13)4-6-11/h3-6H,2,7-9H2,1H3;3-6H,2,7-9,13H2,1H3. The Morgan fingerprint density at radius 1 is 0.844 bits per heavy atom. The normalized spacial score (nSPS) is 17.7. The molecule has 2 aromatic rings. The first kappa shape index (κ1) is 23.8. The van der Waals surface area contributed by atoms with Gasteiger partial charge in [-0.3, -0.25) is 10.1 Å². The van der Waals surface area contributed by atoms with Crippen LogP contribution in [-0.4, -0.2) is 44.6 Å². The second-order valence-corrected chi connectivity index (χ2v) is 8.59. The summed E-state index contributed by atoms with van der Waals surface area (Å²) in [5.74, 6) is 1.54. The zero-order valence-electron chi connectivity index (χ0n) is 18.7. The summed E-state index contributed by atoms with van der Waals surface area (Å²) in [4.78, 5) is 10.1. The van der Waals surface area contributed by atoms with Gasteiger partial charge in [0.05, 0.1) is 55.4 Å². The number of nitro benzene ring substituents is 1. The van der Waals surface area contributed by atoms with Crippen molar-refractivity contribution in [3.8, 4) is 11.5 Å². The highest BCUT2D eigenvalue weighted by molar-refractivity contribution is 5.41. The quantitative estimate of drug-likeness (QED) is 0.345. The average molecular weight is 445 g/mol. The van der Waals surface area contributed by atoms with Crippen LogP contribution in [0.3, 0.4) is 0 Å². The molecule has 0 spiro atoms. The van der Waals surface area contributed by atoms with E-state index in [2.05, 4.69) is 13.8 Å². The molecule has 8 heteroatoms. The maximum Gasteiger partial charge on any atom is 0.269 e. The molecule has 2 aliphatic rings. The van der Waals surface area contributed by atoms with Crippen LogP contribution in [-0.2, 0) is 9.47 Å². The van der Waals surface area contributed by atoms with Crippen LogP contribution < -0.4 is 15.2 Å². The lowest BCUT2D eigenvalue weighted by Gasteiger charge is -2.40. The lowest BCUT2D eigenvalue weighted by molar-refractivity contribution is -0.384. The molecule has 8 nitrogen and oxygen atoms in total. The van der Waals surface area contributed by atoms with Crippen LogP contribution in [0, 0.1) is 20.9 Å². The zero-order valence-corrected chi connectivity index (χ0v) is 18.7. The maximum atomic E-state index is 10.5. The van der Waals surface area contributed by atoms with Gasteiger partial charge in [-0.05, 0) is 49.2 Å². The monoisotopic (exact) mass is 444 g/mol. The number of anilines is 1. The van der Waals surface area contributed by atoms with Gasteiger partial charge in [-0.2, -0.15) is 0 Å². The maximum absolute atomic E-state index is 10.5. The molecule has 32 heavy (non-hydrogen) atoms. The largest absolute Gasteiger partial charge is 0.493 e.